The second-order valence-corrected chi connectivity index (χ2v) is 9.54. The number of hydrogen-bond acceptors (Lipinski definition) is 4. The fraction of sp³-hybridized carbons (Fsp3) is 0.370. The first kappa shape index (κ1) is 26.1. The van der Waals surface area contributed by atoms with Crippen LogP contribution in [-0.2, 0) is 14.9 Å². The number of halogens is 1. The van der Waals surface area contributed by atoms with Crippen LogP contribution in [-0.4, -0.2) is 53.3 Å². The van der Waals surface area contributed by atoms with Gasteiger partial charge in [0, 0.05) is 37.3 Å². The third kappa shape index (κ3) is 6.99. The van der Waals surface area contributed by atoms with Crippen molar-refractivity contribution in [2.24, 2.45) is 0 Å². The van der Waals surface area contributed by atoms with Crippen LogP contribution in [0.25, 0.3) is 5.69 Å². The summed E-state index contributed by atoms with van der Waals surface area (Å²) in [6, 6.07) is 15.1. The van der Waals surface area contributed by atoms with Crippen molar-refractivity contribution in [2.75, 3.05) is 32.1 Å². The Morgan fingerprint density at radius 3 is 2.46 bits per heavy atom. The number of amides is 2. The van der Waals surface area contributed by atoms with Crippen LogP contribution in [0, 0.1) is 12.7 Å². The summed E-state index contributed by atoms with van der Waals surface area (Å²) in [7, 11) is 1.57. The minimum Gasteiger partial charge on any atom is -0.385 e. The van der Waals surface area contributed by atoms with E-state index in [0.29, 0.717) is 25.4 Å². The Bertz CT molecular complexity index is 1170. The molecule has 0 bridgehead atoms. The van der Waals surface area contributed by atoms with Crippen LogP contribution in [0.4, 0.5) is 10.2 Å². The molecule has 8 heteroatoms. The van der Waals surface area contributed by atoms with Gasteiger partial charge in [-0.2, -0.15) is 5.10 Å². The molecule has 2 amide bonds. The first-order chi connectivity index (χ1) is 16.6. The first-order valence-corrected chi connectivity index (χ1v) is 11.6. The van der Waals surface area contributed by atoms with E-state index in [4.69, 9.17) is 9.84 Å². The molecule has 0 spiro atoms. The molecular weight excluding hydrogens is 447 g/mol. The van der Waals surface area contributed by atoms with Gasteiger partial charge >= 0.3 is 0 Å². The van der Waals surface area contributed by atoms with Gasteiger partial charge in [-0.1, -0.05) is 44.5 Å². The highest BCUT2D eigenvalue weighted by Crippen LogP contribution is 2.26. The fourth-order valence-corrected chi connectivity index (χ4v) is 3.53. The van der Waals surface area contributed by atoms with E-state index in [1.807, 2.05) is 37.3 Å². The number of anilines is 1. The monoisotopic (exact) mass is 480 g/mol. The molecule has 0 aliphatic rings. The lowest BCUT2D eigenvalue weighted by atomic mass is 9.92. The van der Waals surface area contributed by atoms with Crippen molar-refractivity contribution in [3.8, 4) is 5.69 Å². The average molecular weight is 481 g/mol. The molecule has 7 nitrogen and oxygen atoms in total. The Morgan fingerprint density at radius 2 is 1.83 bits per heavy atom. The van der Waals surface area contributed by atoms with E-state index in [-0.39, 0.29) is 23.4 Å². The van der Waals surface area contributed by atoms with Crippen molar-refractivity contribution in [1.29, 1.82) is 0 Å². The summed E-state index contributed by atoms with van der Waals surface area (Å²) in [4.78, 5) is 27.6. The lowest BCUT2D eigenvalue weighted by Crippen LogP contribution is -2.39. The maximum absolute atomic E-state index is 13.7. The van der Waals surface area contributed by atoms with Crippen LogP contribution in [0.15, 0.2) is 54.6 Å². The van der Waals surface area contributed by atoms with Gasteiger partial charge in [-0.3, -0.25) is 9.59 Å². The quantitative estimate of drug-likeness (QED) is 0.449. The van der Waals surface area contributed by atoms with Crippen molar-refractivity contribution < 1.29 is 18.7 Å². The number of ether oxygens (including phenoxy) is 1. The van der Waals surface area contributed by atoms with E-state index in [1.54, 1.807) is 11.8 Å². The number of nitrogens with zero attached hydrogens (tertiary/aromatic N) is 3. The maximum atomic E-state index is 13.7. The van der Waals surface area contributed by atoms with Crippen LogP contribution in [0.2, 0.25) is 0 Å². The van der Waals surface area contributed by atoms with Crippen molar-refractivity contribution in [2.45, 2.75) is 39.5 Å². The first-order valence-electron chi connectivity index (χ1n) is 11.6. The third-order valence-electron chi connectivity index (χ3n) is 5.49. The summed E-state index contributed by atoms with van der Waals surface area (Å²) < 4.78 is 20.5. The zero-order valence-electron chi connectivity index (χ0n) is 21.0. The Hall–Kier alpha value is -3.52. The highest BCUT2D eigenvalue weighted by molar-refractivity contribution is 5.99. The van der Waals surface area contributed by atoms with Crippen LogP contribution in [0.5, 0.6) is 0 Å². The fourth-order valence-electron chi connectivity index (χ4n) is 3.53. The zero-order chi connectivity index (χ0) is 25.6. The molecule has 0 aliphatic carbocycles. The maximum Gasteiger partial charge on any atom is 0.254 e. The molecule has 2 aromatic carbocycles. The lowest BCUT2D eigenvalue weighted by Gasteiger charge is -2.22. The summed E-state index contributed by atoms with van der Waals surface area (Å²) in [6.45, 7) is 8.69. The van der Waals surface area contributed by atoms with Crippen LogP contribution >= 0.6 is 0 Å². The molecule has 1 N–H and O–H groups in total. The molecule has 0 aliphatic heterocycles. The predicted octanol–water partition coefficient (Wildman–Crippen LogP) is 4.73. The van der Waals surface area contributed by atoms with Gasteiger partial charge in [0.25, 0.3) is 5.91 Å². The Labute approximate surface area is 205 Å². The summed E-state index contributed by atoms with van der Waals surface area (Å²) in [5.74, 6) is -0.785. The number of methoxy groups -OCH3 is 1. The molecule has 3 aromatic rings. The SMILES string of the molecule is COCCCN(CC(=O)Nc1cc(C(C)(C)C)nn1-c1ccc(C)cc1)C(=O)c1cccc(F)c1. The van der Waals surface area contributed by atoms with Gasteiger partial charge in [-0.15, -0.1) is 0 Å². The van der Waals surface area contributed by atoms with E-state index < -0.39 is 11.7 Å². The van der Waals surface area contributed by atoms with E-state index >= 15 is 0 Å². The number of carbonyl (C=O) groups excluding carboxylic acids is 2. The standard InChI is InChI=1S/C27H33FN4O3/c1-19-10-12-22(13-11-19)32-24(17-23(30-32)27(2,3)4)29-25(33)18-31(14-7-15-35-5)26(34)20-8-6-9-21(28)16-20/h6,8-13,16-17H,7,14-15,18H2,1-5H3,(H,29,33). The summed E-state index contributed by atoms with van der Waals surface area (Å²) >= 11 is 0. The van der Waals surface area contributed by atoms with Crippen LogP contribution in [0.1, 0.15) is 48.8 Å². The molecule has 0 radical (unpaired) electrons. The molecular formula is C27H33FN4O3. The van der Waals surface area contributed by atoms with Gasteiger partial charge in [-0.05, 0) is 43.7 Å². The van der Waals surface area contributed by atoms with Gasteiger partial charge in [0.2, 0.25) is 5.91 Å². The molecule has 1 aromatic heterocycles. The van der Waals surface area contributed by atoms with E-state index in [0.717, 1.165) is 16.9 Å². The number of aromatic nitrogens is 2. The lowest BCUT2D eigenvalue weighted by molar-refractivity contribution is -0.117. The largest absolute Gasteiger partial charge is 0.385 e. The molecule has 3 rings (SSSR count). The summed E-state index contributed by atoms with van der Waals surface area (Å²) in [5.41, 5.74) is 2.71. The van der Waals surface area contributed by atoms with E-state index in [9.17, 15) is 14.0 Å². The molecule has 35 heavy (non-hydrogen) atoms. The number of carbonyl (C=O) groups is 2. The van der Waals surface area contributed by atoms with Gasteiger partial charge in [0.1, 0.15) is 18.2 Å². The number of benzene rings is 2. The summed E-state index contributed by atoms with van der Waals surface area (Å²) in [6.07, 6.45) is 0.542. The molecule has 1 heterocycles. The van der Waals surface area contributed by atoms with Crippen molar-refractivity contribution in [3.05, 3.63) is 77.2 Å². The van der Waals surface area contributed by atoms with Gasteiger partial charge < -0.3 is 15.0 Å². The summed E-state index contributed by atoms with van der Waals surface area (Å²) in [5, 5.41) is 7.65. The van der Waals surface area contributed by atoms with Crippen molar-refractivity contribution >= 4 is 17.6 Å². The minimum absolute atomic E-state index is 0.190. The molecule has 186 valence electrons. The van der Waals surface area contributed by atoms with E-state index in [2.05, 4.69) is 26.1 Å². The second kappa shape index (κ2) is 11.3. The number of rotatable bonds is 9. The smallest absolute Gasteiger partial charge is 0.254 e. The number of nitrogens with one attached hydrogen (secondary N) is 1. The van der Waals surface area contributed by atoms with Gasteiger partial charge in [0.05, 0.1) is 11.4 Å². The highest BCUT2D eigenvalue weighted by atomic mass is 19.1. The molecule has 0 atom stereocenters. The Balaban J connectivity index is 1.85. The average Bonchev–Trinajstić information content (AvgIpc) is 3.23. The number of aryl methyl sites for hydroxylation is 1. The van der Waals surface area contributed by atoms with Crippen LogP contribution < -0.4 is 5.32 Å². The topological polar surface area (TPSA) is 76.5 Å². The normalized spacial score (nSPS) is 11.4. The van der Waals surface area contributed by atoms with Gasteiger partial charge in [-0.25, -0.2) is 9.07 Å². The Morgan fingerprint density at radius 1 is 1.11 bits per heavy atom. The second-order valence-electron chi connectivity index (χ2n) is 9.54. The van der Waals surface area contributed by atoms with Crippen molar-refractivity contribution in [1.82, 2.24) is 14.7 Å². The predicted molar refractivity (Wildman–Crippen MR) is 134 cm³/mol. The third-order valence-corrected chi connectivity index (χ3v) is 5.49. The van der Waals surface area contributed by atoms with Gasteiger partial charge in [0.15, 0.2) is 0 Å². The van der Waals surface area contributed by atoms with E-state index in [1.165, 1.54) is 29.2 Å². The van der Waals surface area contributed by atoms with Crippen molar-refractivity contribution in [3.63, 3.8) is 0 Å². The van der Waals surface area contributed by atoms with Crippen LogP contribution in [0.3, 0.4) is 0 Å². The number of hydrogen-bond donors (Lipinski definition) is 1. The molecule has 0 saturated heterocycles. The molecule has 0 saturated carbocycles. The molecule has 0 fully saturated rings. The minimum atomic E-state index is -0.506. The zero-order valence-corrected chi connectivity index (χ0v) is 21.0. The Kier molecular flexibility index (Phi) is 8.40. The highest BCUT2D eigenvalue weighted by Gasteiger charge is 2.23. The molecule has 0 unspecified atom stereocenters.